The first-order valence-electron chi connectivity index (χ1n) is 10.5. The van der Waals surface area contributed by atoms with Crippen LogP contribution in [0.25, 0.3) is 0 Å². The quantitative estimate of drug-likeness (QED) is 0.485. The van der Waals surface area contributed by atoms with E-state index in [1.54, 1.807) is 38.5 Å². The third-order valence-electron chi connectivity index (χ3n) is 5.42. The lowest BCUT2D eigenvalue weighted by Gasteiger charge is -2.23. The van der Waals surface area contributed by atoms with Crippen molar-refractivity contribution in [1.82, 2.24) is 5.01 Å². The molecule has 1 unspecified atom stereocenters. The Morgan fingerprint density at radius 1 is 1.00 bits per heavy atom. The monoisotopic (exact) mass is 444 g/mol. The van der Waals surface area contributed by atoms with Crippen LogP contribution in [0.3, 0.4) is 0 Å². The van der Waals surface area contributed by atoms with Crippen LogP contribution in [0.5, 0.6) is 17.2 Å². The first-order chi connectivity index (χ1) is 16.1. The Morgan fingerprint density at radius 3 is 2.52 bits per heavy atom. The number of amides is 1. The van der Waals surface area contributed by atoms with Crippen molar-refractivity contribution in [3.63, 3.8) is 0 Å². The third kappa shape index (κ3) is 4.87. The molecule has 0 aromatic heterocycles. The van der Waals surface area contributed by atoms with Crippen LogP contribution < -0.4 is 14.2 Å². The van der Waals surface area contributed by atoms with E-state index >= 15 is 0 Å². The van der Waals surface area contributed by atoms with Crippen molar-refractivity contribution in [2.24, 2.45) is 5.10 Å². The number of hydrogen-bond donors (Lipinski definition) is 0. The number of nitrogens with zero attached hydrogens (tertiary/aromatic N) is 2. The minimum absolute atomic E-state index is 0.211. The molecule has 3 aromatic carbocycles. The fourth-order valence-corrected chi connectivity index (χ4v) is 3.75. The summed E-state index contributed by atoms with van der Waals surface area (Å²) in [5.74, 6) is 1.34. The SMILES string of the molecule is COc1ccc(C2CC(c3ccccc3)=NN2C(=O)COc2cccc(C=O)c2)cc1OC. The highest BCUT2D eigenvalue weighted by Crippen LogP contribution is 2.37. The molecule has 0 spiro atoms. The number of aldehydes is 1. The summed E-state index contributed by atoms with van der Waals surface area (Å²) in [6, 6.07) is 21.7. The fraction of sp³-hybridized carbons (Fsp3) is 0.192. The van der Waals surface area contributed by atoms with Crippen LogP contribution in [0.2, 0.25) is 0 Å². The number of methoxy groups -OCH3 is 2. The molecule has 1 amide bonds. The lowest BCUT2D eigenvalue weighted by Crippen LogP contribution is -2.31. The highest BCUT2D eigenvalue weighted by Gasteiger charge is 2.33. The Hall–Kier alpha value is -4.13. The highest BCUT2D eigenvalue weighted by atomic mass is 16.5. The smallest absolute Gasteiger partial charge is 0.281 e. The molecule has 7 nitrogen and oxygen atoms in total. The van der Waals surface area contributed by atoms with E-state index in [9.17, 15) is 9.59 Å². The van der Waals surface area contributed by atoms with E-state index in [4.69, 9.17) is 14.2 Å². The molecular weight excluding hydrogens is 420 g/mol. The van der Waals surface area contributed by atoms with Gasteiger partial charge in [-0.2, -0.15) is 5.10 Å². The zero-order valence-electron chi connectivity index (χ0n) is 18.4. The maximum atomic E-state index is 13.2. The van der Waals surface area contributed by atoms with Gasteiger partial charge in [0.2, 0.25) is 0 Å². The number of rotatable bonds is 8. The third-order valence-corrected chi connectivity index (χ3v) is 5.42. The van der Waals surface area contributed by atoms with Gasteiger partial charge in [0.05, 0.1) is 26.0 Å². The topological polar surface area (TPSA) is 77.4 Å². The van der Waals surface area contributed by atoms with E-state index in [1.807, 2.05) is 48.5 Å². The maximum absolute atomic E-state index is 13.2. The average Bonchev–Trinajstić information content (AvgIpc) is 3.33. The van der Waals surface area contributed by atoms with Crippen molar-refractivity contribution in [3.8, 4) is 17.2 Å². The normalized spacial score (nSPS) is 15.0. The van der Waals surface area contributed by atoms with Gasteiger partial charge < -0.3 is 14.2 Å². The van der Waals surface area contributed by atoms with Crippen molar-refractivity contribution in [2.75, 3.05) is 20.8 Å². The summed E-state index contributed by atoms with van der Waals surface area (Å²) in [5, 5.41) is 6.12. The number of ether oxygens (including phenoxy) is 3. The molecule has 0 saturated carbocycles. The van der Waals surface area contributed by atoms with E-state index < -0.39 is 0 Å². The summed E-state index contributed by atoms with van der Waals surface area (Å²) in [6.45, 7) is -0.211. The van der Waals surface area contributed by atoms with E-state index in [0.717, 1.165) is 23.1 Å². The molecule has 168 valence electrons. The van der Waals surface area contributed by atoms with Gasteiger partial charge in [0, 0.05) is 12.0 Å². The molecule has 3 aromatic rings. The van der Waals surface area contributed by atoms with E-state index in [-0.39, 0.29) is 18.6 Å². The highest BCUT2D eigenvalue weighted by molar-refractivity contribution is 6.03. The van der Waals surface area contributed by atoms with Crippen LogP contribution in [-0.4, -0.2) is 43.7 Å². The van der Waals surface area contributed by atoms with Crippen molar-refractivity contribution in [1.29, 1.82) is 0 Å². The predicted molar refractivity (Wildman–Crippen MR) is 124 cm³/mol. The molecule has 1 aliphatic rings. The molecule has 0 bridgehead atoms. The Labute approximate surface area is 192 Å². The molecule has 0 radical (unpaired) electrons. The van der Waals surface area contributed by atoms with E-state index in [1.165, 1.54) is 5.01 Å². The molecule has 0 N–H and O–H groups in total. The Kier molecular flexibility index (Phi) is 6.69. The van der Waals surface area contributed by atoms with Crippen molar-refractivity contribution in [3.05, 3.63) is 89.5 Å². The number of hydrogen-bond acceptors (Lipinski definition) is 6. The summed E-state index contributed by atoms with van der Waals surface area (Å²) in [7, 11) is 3.16. The van der Waals surface area contributed by atoms with Crippen molar-refractivity contribution >= 4 is 17.9 Å². The van der Waals surface area contributed by atoms with Gasteiger partial charge in [-0.15, -0.1) is 0 Å². The molecule has 0 saturated heterocycles. The Balaban J connectivity index is 1.61. The van der Waals surface area contributed by atoms with Gasteiger partial charge in [-0.05, 0) is 35.4 Å². The van der Waals surface area contributed by atoms with Gasteiger partial charge in [0.25, 0.3) is 5.91 Å². The standard InChI is InChI=1S/C26H24N2O5/c1-31-24-12-11-20(14-25(24)32-2)23-15-22(19-8-4-3-5-9-19)27-28(23)26(30)17-33-21-10-6-7-18(13-21)16-29/h3-14,16,23H,15,17H2,1-2H3. The fourth-order valence-electron chi connectivity index (χ4n) is 3.75. The van der Waals surface area contributed by atoms with Crippen molar-refractivity contribution < 1.29 is 23.8 Å². The van der Waals surface area contributed by atoms with Gasteiger partial charge in [-0.3, -0.25) is 9.59 Å². The van der Waals surface area contributed by atoms with Crippen LogP contribution in [0, 0.1) is 0 Å². The zero-order chi connectivity index (χ0) is 23.2. The second-order valence-electron chi connectivity index (χ2n) is 7.46. The van der Waals surface area contributed by atoms with Crippen LogP contribution in [0.1, 0.15) is 33.9 Å². The second kappa shape index (κ2) is 9.99. The predicted octanol–water partition coefficient (Wildman–Crippen LogP) is 4.27. The van der Waals surface area contributed by atoms with Gasteiger partial charge in [-0.25, -0.2) is 5.01 Å². The first kappa shape index (κ1) is 22.1. The summed E-state index contributed by atoms with van der Waals surface area (Å²) in [4.78, 5) is 24.2. The summed E-state index contributed by atoms with van der Waals surface area (Å²) in [6.07, 6.45) is 1.28. The minimum atomic E-state index is -0.322. The van der Waals surface area contributed by atoms with Crippen LogP contribution >= 0.6 is 0 Å². The molecular formula is C26H24N2O5. The molecule has 1 heterocycles. The summed E-state index contributed by atoms with van der Waals surface area (Å²) in [5.41, 5.74) is 3.12. The number of hydrazone groups is 1. The maximum Gasteiger partial charge on any atom is 0.281 e. The Bertz CT molecular complexity index is 1180. The molecule has 4 rings (SSSR count). The zero-order valence-corrected chi connectivity index (χ0v) is 18.4. The number of carbonyl (C=O) groups excluding carboxylic acids is 2. The van der Waals surface area contributed by atoms with Gasteiger partial charge in [0.1, 0.15) is 12.0 Å². The van der Waals surface area contributed by atoms with Gasteiger partial charge >= 0.3 is 0 Å². The number of benzene rings is 3. The average molecular weight is 444 g/mol. The molecule has 0 aliphatic carbocycles. The summed E-state index contributed by atoms with van der Waals surface area (Å²) < 4.78 is 16.5. The van der Waals surface area contributed by atoms with E-state index in [2.05, 4.69) is 5.10 Å². The van der Waals surface area contributed by atoms with Gasteiger partial charge in [0.15, 0.2) is 18.1 Å². The molecule has 7 heteroatoms. The summed E-state index contributed by atoms with van der Waals surface area (Å²) >= 11 is 0. The second-order valence-corrected chi connectivity index (χ2v) is 7.46. The lowest BCUT2D eigenvalue weighted by molar-refractivity contribution is -0.135. The van der Waals surface area contributed by atoms with Crippen molar-refractivity contribution in [2.45, 2.75) is 12.5 Å². The lowest BCUT2D eigenvalue weighted by atomic mass is 9.98. The van der Waals surface area contributed by atoms with Crippen LogP contribution in [-0.2, 0) is 4.79 Å². The molecule has 1 atom stereocenters. The molecule has 33 heavy (non-hydrogen) atoms. The number of carbonyl (C=O) groups is 2. The largest absolute Gasteiger partial charge is 0.493 e. The molecule has 1 aliphatic heterocycles. The first-order valence-corrected chi connectivity index (χ1v) is 10.5. The Morgan fingerprint density at radius 2 is 1.79 bits per heavy atom. The van der Waals surface area contributed by atoms with Crippen LogP contribution in [0.15, 0.2) is 77.9 Å². The van der Waals surface area contributed by atoms with E-state index in [0.29, 0.717) is 29.2 Å². The molecule has 0 fully saturated rings. The van der Waals surface area contributed by atoms with Crippen LogP contribution in [0.4, 0.5) is 0 Å². The van der Waals surface area contributed by atoms with Gasteiger partial charge in [-0.1, -0.05) is 48.5 Å². The minimum Gasteiger partial charge on any atom is -0.493 e.